The first kappa shape index (κ1) is 15.1. The van der Waals surface area contributed by atoms with E-state index in [1.807, 2.05) is 0 Å². The van der Waals surface area contributed by atoms with Gasteiger partial charge in [-0.25, -0.2) is 0 Å². The van der Waals surface area contributed by atoms with Crippen molar-refractivity contribution in [2.24, 2.45) is 5.41 Å². The maximum atomic E-state index is 11.7. The fourth-order valence-electron chi connectivity index (χ4n) is 1.03. The van der Waals surface area contributed by atoms with Crippen LogP contribution in [0.15, 0.2) is 22.7 Å². The number of nitro groups is 1. The molecule has 7 nitrogen and oxygen atoms in total. The molecule has 19 heavy (non-hydrogen) atoms. The number of halogens is 1. The van der Waals surface area contributed by atoms with Crippen molar-refractivity contribution >= 4 is 33.6 Å². The zero-order chi connectivity index (χ0) is 14.8. The highest BCUT2D eigenvalue weighted by Gasteiger charge is 2.39. The lowest BCUT2D eigenvalue weighted by Gasteiger charge is -2.16. The second kappa shape index (κ2) is 5.35. The molecular formula is C11H10BrNO6. The van der Waals surface area contributed by atoms with Crippen LogP contribution in [0.3, 0.4) is 0 Å². The molecule has 0 fully saturated rings. The van der Waals surface area contributed by atoms with Crippen LogP contribution in [0.2, 0.25) is 0 Å². The Morgan fingerprint density at radius 3 is 2.47 bits per heavy atom. The molecule has 0 aliphatic carbocycles. The van der Waals surface area contributed by atoms with Crippen LogP contribution in [0, 0.1) is 15.5 Å². The molecule has 0 spiro atoms. The van der Waals surface area contributed by atoms with Gasteiger partial charge in [-0.05, 0) is 26.0 Å². The van der Waals surface area contributed by atoms with E-state index in [9.17, 15) is 19.7 Å². The molecular weight excluding hydrogens is 322 g/mol. The summed E-state index contributed by atoms with van der Waals surface area (Å²) in [5, 5.41) is 19.7. The third-order valence-electron chi connectivity index (χ3n) is 2.37. The third kappa shape index (κ3) is 3.28. The molecule has 0 bridgehead atoms. The van der Waals surface area contributed by atoms with Crippen LogP contribution in [0.5, 0.6) is 5.75 Å². The summed E-state index contributed by atoms with van der Waals surface area (Å²) in [6.07, 6.45) is 0. The Morgan fingerprint density at radius 2 is 2.00 bits per heavy atom. The van der Waals surface area contributed by atoms with Gasteiger partial charge in [-0.3, -0.25) is 19.7 Å². The van der Waals surface area contributed by atoms with E-state index in [0.717, 1.165) is 19.9 Å². The summed E-state index contributed by atoms with van der Waals surface area (Å²) < 4.78 is 5.25. The smallest absolute Gasteiger partial charge is 0.328 e. The molecule has 0 saturated carbocycles. The van der Waals surface area contributed by atoms with Crippen molar-refractivity contribution < 1.29 is 24.4 Å². The minimum absolute atomic E-state index is 0.299. The fourth-order valence-corrected chi connectivity index (χ4v) is 1.38. The highest BCUT2D eigenvalue weighted by atomic mass is 79.9. The number of benzene rings is 1. The van der Waals surface area contributed by atoms with Gasteiger partial charge in [-0.2, -0.15) is 0 Å². The summed E-state index contributed by atoms with van der Waals surface area (Å²) in [6.45, 7) is 2.31. The number of carbonyl (C=O) groups is 2. The van der Waals surface area contributed by atoms with Crippen molar-refractivity contribution in [3.8, 4) is 5.75 Å². The van der Waals surface area contributed by atoms with Gasteiger partial charge in [0.05, 0.1) is 4.92 Å². The summed E-state index contributed by atoms with van der Waals surface area (Å²) >= 11 is 3.05. The molecule has 1 aromatic carbocycles. The maximum absolute atomic E-state index is 11.7. The molecule has 102 valence electrons. The summed E-state index contributed by atoms with van der Waals surface area (Å²) in [4.78, 5) is 32.7. The number of nitro benzene ring substituents is 1. The Morgan fingerprint density at radius 1 is 1.42 bits per heavy atom. The topological polar surface area (TPSA) is 107 Å². The van der Waals surface area contributed by atoms with E-state index < -0.39 is 28.0 Å². The molecule has 0 unspecified atom stereocenters. The monoisotopic (exact) mass is 331 g/mol. The highest BCUT2D eigenvalue weighted by Crippen LogP contribution is 2.31. The number of carboxylic acids is 1. The number of carbonyl (C=O) groups excluding carboxylic acids is 1. The van der Waals surface area contributed by atoms with Gasteiger partial charge < -0.3 is 9.84 Å². The van der Waals surface area contributed by atoms with Crippen molar-refractivity contribution in [3.05, 3.63) is 32.8 Å². The zero-order valence-corrected chi connectivity index (χ0v) is 11.6. The molecule has 1 rings (SSSR count). The predicted octanol–water partition coefficient (Wildman–Crippen LogP) is 2.37. The lowest BCUT2D eigenvalue weighted by atomic mass is 9.94. The van der Waals surface area contributed by atoms with E-state index in [-0.39, 0.29) is 5.75 Å². The van der Waals surface area contributed by atoms with Crippen LogP contribution in [0.1, 0.15) is 13.8 Å². The van der Waals surface area contributed by atoms with Gasteiger partial charge in [-0.1, -0.05) is 15.9 Å². The Kier molecular flexibility index (Phi) is 4.25. The number of nitrogens with zero attached hydrogens (tertiary/aromatic N) is 1. The number of rotatable bonds is 4. The normalized spacial score (nSPS) is 10.9. The van der Waals surface area contributed by atoms with Gasteiger partial charge in [0, 0.05) is 10.5 Å². The summed E-state index contributed by atoms with van der Waals surface area (Å²) in [5.74, 6) is -2.75. The number of carboxylic acid groups (broad SMARTS) is 1. The molecule has 0 atom stereocenters. The zero-order valence-electron chi connectivity index (χ0n) is 10.0. The van der Waals surface area contributed by atoms with Crippen molar-refractivity contribution in [3.63, 3.8) is 0 Å². The molecule has 1 aromatic rings. The average Bonchev–Trinajstić information content (AvgIpc) is 2.30. The lowest BCUT2D eigenvalue weighted by Crippen LogP contribution is -2.36. The number of ether oxygens (including phenoxy) is 1. The summed E-state index contributed by atoms with van der Waals surface area (Å²) in [6, 6.07) is 3.83. The van der Waals surface area contributed by atoms with Crippen LogP contribution in [-0.4, -0.2) is 22.0 Å². The number of esters is 1. The number of hydrogen-bond acceptors (Lipinski definition) is 5. The fraction of sp³-hybridized carbons (Fsp3) is 0.273. The van der Waals surface area contributed by atoms with E-state index in [1.165, 1.54) is 12.1 Å². The SMILES string of the molecule is CC(C)(C(=O)O)C(=O)Oc1ccc(Br)cc1[N+](=O)[O-]. The molecule has 0 aliphatic heterocycles. The van der Waals surface area contributed by atoms with Crippen molar-refractivity contribution in [2.75, 3.05) is 0 Å². The van der Waals surface area contributed by atoms with Crippen molar-refractivity contribution in [1.82, 2.24) is 0 Å². The highest BCUT2D eigenvalue weighted by molar-refractivity contribution is 9.10. The van der Waals surface area contributed by atoms with E-state index >= 15 is 0 Å². The maximum Gasteiger partial charge on any atom is 0.328 e. The number of hydrogen-bond donors (Lipinski definition) is 1. The van der Waals surface area contributed by atoms with Gasteiger partial charge in [0.2, 0.25) is 5.75 Å². The van der Waals surface area contributed by atoms with Crippen molar-refractivity contribution in [2.45, 2.75) is 13.8 Å². The van der Waals surface area contributed by atoms with E-state index in [0.29, 0.717) is 4.47 Å². The molecule has 0 radical (unpaired) electrons. The van der Waals surface area contributed by atoms with Crippen LogP contribution in [0.4, 0.5) is 5.69 Å². The standard InChI is InChI=1S/C11H10BrNO6/c1-11(2,9(14)15)10(16)19-8-4-3-6(12)5-7(8)13(17)18/h3-5H,1-2H3,(H,14,15). The molecule has 0 amide bonds. The van der Waals surface area contributed by atoms with Gasteiger partial charge >= 0.3 is 17.6 Å². The predicted molar refractivity (Wildman–Crippen MR) is 67.8 cm³/mol. The number of aliphatic carboxylic acids is 1. The van der Waals surface area contributed by atoms with E-state index in [2.05, 4.69) is 15.9 Å². The molecule has 0 saturated heterocycles. The Balaban J connectivity index is 3.10. The van der Waals surface area contributed by atoms with Gasteiger partial charge in [0.25, 0.3) is 0 Å². The van der Waals surface area contributed by atoms with Crippen LogP contribution < -0.4 is 4.74 Å². The van der Waals surface area contributed by atoms with E-state index in [1.54, 1.807) is 0 Å². The average molecular weight is 332 g/mol. The first-order valence-electron chi connectivity index (χ1n) is 5.06. The van der Waals surface area contributed by atoms with Gasteiger partial charge in [0.15, 0.2) is 5.41 Å². The molecule has 0 heterocycles. The second-order valence-corrected chi connectivity index (χ2v) is 5.10. The molecule has 0 aliphatic rings. The lowest BCUT2D eigenvalue weighted by molar-refractivity contribution is -0.385. The quantitative estimate of drug-likeness (QED) is 0.298. The van der Waals surface area contributed by atoms with E-state index in [4.69, 9.17) is 9.84 Å². The van der Waals surface area contributed by atoms with Crippen molar-refractivity contribution in [1.29, 1.82) is 0 Å². The third-order valence-corrected chi connectivity index (χ3v) is 2.86. The Bertz CT molecular complexity index is 554. The van der Waals surface area contributed by atoms with Crippen LogP contribution in [-0.2, 0) is 9.59 Å². The minimum atomic E-state index is -1.79. The first-order valence-corrected chi connectivity index (χ1v) is 5.85. The van der Waals surface area contributed by atoms with Gasteiger partial charge in [0.1, 0.15) is 0 Å². The first-order chi connectivity index (χ1) is 8.66. The molecule has 8 heteroatoms. The Hall–Kier alpha value is -1.96. The molecule has 0 aromatic heterocycles. The molecule has 1 N–H and O–H groups in total. The largest absolute Gasteiger partial charge is 0.480 e. The summed E-state index contributed by atoms with van der Waals surface area (Å²) in [5.41, 5.74) is -2.22. The second-order valence-electron chi connectivity index (χ2n) is 4.19. The summed E-state index contributed by atoms with van der Waals surface area (Å²) in [7, 11) is 0. The van der Waals surface area contributed by atoms with Crippen LogP contribution >= 0.6 is 15.9 Å². The minimum Gasteiger partial charge on any atom is -0.480 e. The van der Waals surface area contributed by atoms with Gasteiger partial charge in [-0.15, -0.1) is 0 Å². The Labute approximate surface area is 116 Å². The van der Waals surface area contributed by atoms with Crippen LogP contribution in [0.25, 0.3) is 0 Å².